The third kappa shape index (κ3) is 2.31. The molecule has 1 aromatic carbocycles. The maximum atomic E-state index is 5.56. The van der Waals surface area contributed by atoms with Gasteiger partial charge in [-0.25, -0.2) is 0 Å². The number of hydrogen-bond acceptors (Lipinski definition) is 4. The molecule has 2 aromatic rings. The van der Waals surface area contributed by atoms with Gasteiger partial charge in [0.1, 0.15) is 0 Å². The summed E-state index contributed by atoms with van der Waals surface area (Å²) in [4.78, 5) is 0. The molecule has 1 aromatic heterocycles. The number of nitrogens with two attached hydrogens (primary N) is 1. The summed E-state index contributed by atoms with van der Waals surface area (Å²) >= 11 is 0. The first-order chi connectivity index (χ1) is 8.80. The van der Waals surface area contributed by atoms with Gasteiger partial charge in [0.2, 0.25) is 0 Å². The van der Waals surface area contributed by atoms with Gasteiger partial charge in [-0.05, 0) is 24.3 Å². The van der Waals surface area contributed by atoms with E-state index in [9.17, 15) is 0 Å². The van der Waals surface area contributed by atoms with Crippen LogP contribution >= 0.6 is 0 Å². The van der Waals surface area contributed by atoms with Gasteiger partial charge in [0.25, 0.3) is 0 Å². The second-order valence-electron chi connectivity index (χ2n) is 3.80. The van der Waals surface area contributed by atoms with Crippen molar-refractivity contribution in [3.63, 3.8) is 0 Å². The minimum absolute atomic E-state index is 0.558. The third-order valence-electron chi connectivity index (χ3n) is 2.74. The molecule has 1 heterocycles. The van der Waals surface area contributed by atoms with Crippen LogP contribution in [0.3, 0.4) is 0 Å². The minimum Gasteiger partial charge on any atom is -0.493 e. The summed E-state index contributed by atoms with van der Waals surface area (Å²) in [6.45, 7) is 1.25. The van der Waals surface area contributed by atoms with E-state index in [1.807, 2.05) is 28.9 Å². The molecule has 0 atom stereocenters. The number of ether oxygens (including phenoxy) is 2. The Labute approximate surface area is 106 Å². The van der Waals surface area contributed by atoms with Crippen LogP contribution in [0.25, 0.3) is 11.3 Å². The zero-order valence-electron chi connectivity index (χ0n) is 10.6. The molecule has 0 fully saturated rings. The van der Waals surface area contributed by atoms with E-state index in [1.54, 1.807) is 20.4 Å². The Morgan fingerprint density at radius 3 is 2.61 bits per heavy atom. The summed E-state index contributed by atoms with van der Waals surface area (Å²) in [6, 6.07) is 7.75. The lowest BCUT2D eigenvalue weighted by atomic mass is 10.1. The zero-order valence-corrected chi connectivity index (χ0v) is 10.6. The van der Waals surface area contributed by atoms with E-state index in [-0.39, 0.29) is 0 Å². The van der Waals surface area contributed by atoms with Crippen LogP contribution in [0.4, 0.5) is 0 Å². The quantitative estimate of drug-likeness (QED) is 0.870. The molecular weight excluding hydrogens is 230 g/mol. The Kier molecular flexibility index (Phi) is 3.84. The number of hydrogen-bond donors (Lipinski definition) is 1. The third-order valence-corrected chi connectivity index (χ3v) is 2.74. The van der Waals surface area contributed by atoms with Crippen molar-refractivity contribution in [3.8, 4) is 22.8 Å². The molecule has 0 saturated heterocycles. The van der Waals surface area contributed by atoms with Crippen molar-refractivity contribution in [1.82, 2.24) is 9.78 Å². The number of nitrogens with zero attached hydrogens (tertiary/aromatic N) is 2. The summed E-state index contributed by atoms with van der Waals surface area (Å²) in [5, 5.41) is 4.24. The Morgan fingerprint density at radius 2 is 1.94 bits per heavy atom. The van der Waals surface area contributed by atoms with Crippen LogP contribution in [-0.4, -0.2) is 30.5 Å². The van der Waals surface area contributed by atoms with Gasteiger partial charge in [-0.1, -0.05) is 0 Å². The lowest BCUT2D eigenvalue weighted by Gasteiger charge is -2.10. The van der Waals surface area contributed by atoms with Crippen molar-refractivity contribution >= 4 is 0 Å². The van der Waals surface area contributed by atoms with Crippen LogP contribution in [0, 0.1) is 0 Å². The fraction of sp³-hybridized carbons (Fsp3) is 0.308. The van der Waals surface area contributed by atoms with Crippen LogP contribution < -0.4 is 15.2 Å². The van der Waals surface area contributed by atoms with Gasteiger partial charge in [-0.2, -0.15) is 5.10 Å². The normalized spacial score (nSPS) is 10.4. The largest absolute Gasteiger partial charge is 0.493 e. The molecule has 0 aliphatic heterocycles. The molecule has 0 aliphatic rings. The topological polar surface area (TPSA) is 62.3 Å². The lowest BCUT2D eigenvalue weighted by molar-refractivity contribution is 0.355. The van der Waals surface area contributed by atoms with Crippen LogP contribution in [0.1, 0.15) is 0 Å². The molecule has 96 valence electrons. The maximum Gasteiger partial charge on any atom is 0.161 e. The maximum absolute atomic E-state index is 5.56. The highest BCUT2D eigenvalue weighted by Crippen LogP contribution is 2.32. The Hall–Kier alpha value is -2.01. The monoisotopic (exact) mass is 247 g/mol. The minimum atomic E-state index is 0.558. The van der Waals surface area contributed by atoms with Gasteiger partial charge < -0.3 is 15.2 Å². The summed E-state index contributed by atoms with van der Waals surface area (Å²) in [5.74, 6) is 1.42. The van der Waals surface area contributed by atoms with Gasteiger partial charge in [0.05, 0.1) is 26.5 Å². The second kappa shape index (κ2) is 5.55. The molecular formula is C13H17N3O2. The fourth-order valence-electron chi connectivity index (χ4n) is 1.87. The Balaban J connectivity index is 2.41. The predicted molar refractivity (Wildman–Crippen MR) is 69.8 cm³/mol. The number of rotatable bonds is 5. The molecule has 0 saturated carbocycles. The van der Waals surface area contributed by atoms with Crippen molar-refractivity contribution in [1.29, 1.82) is 0 Å². The molecule has 2 N–H and O–H groups in total. The van der Waals surface area contributed by atoms with E-state index in [2.05, 4.69) is 5.10 Å². The highest BCUT2D eigenvalue weighted by Gasteiger charge is 2.09. The molecule has 0 spiro atoms. The van der Waals surface area contributed by atoms with Gasteiger partial charge >= 0.3 is 0 Å². The summed E-state index contributed by atoms with van der Waals surface area (Å²) in [6.07, 6.45) is 1.77. The van der Waals surface area contributed by atoms with E-state index in [0.717, 1.165) is 11.3 Å². The standard InChI is InChI=1S/C13H17N3O2/c1-17-12-4-3-10(9-13(12)18-2)11-5-7-15-16(11)8-6-14/h3-5,7,9H,6,8,14H2,1-2H3. The first-order valence-electron chi connectivity index (χ1n) is 5.74. The average molecular weight is 247 g/mol. The van der Waals surface area contributed by atoms with Gasteiger partial charge in [-0.3, -0.25) is 4.68 Å². The molecule has 0 bridgehead atoms. The van der Waals surface area contributed by atoms with E-state index < -0.39 is 0 Å². The number of aromatic nitrogens is 2. The molecule has 0 amide bonds. The zero-order chi connectivity index (χ0) is 13.0. The van der Waals surface area contributed by atoms with E-state index in [4.69, 9.17) is 15.2 Å². The van der Waals surface area contributed by atoms with Gasteiger partial charge in [0.15, 0.2) is 11.5 Å². The van der Waals surface area contributed by atoms with Gasteiger partial charge in [0, 0.05) is 18.3 Å². The molecule has 0 aliphatic carbocycles. The number of benzene rings is 1. The van der Waals surface area contributed by atoms with Crippen LogP contribution in [0.15, 0.2) is 30.5 Å². The lowest BCUT2D eigenvalue weighted by Crippen LogP contribution is -2.11. The van der Waals surface area contributed by atoms with Crippen molar-refractivity contribution in [3.05, 3.63) is 30.5 Å². The van der Waals surface area contributed by atoms with E-state index in [0.29, 0.717) is 24.6 Å². The molecule has 5 nitrogen and oxygen atoms in total. The average Bonchev–Trinajstić information content (AvgIpc) is 2.86. The van der Waals surface area contributed by atoms with Gasteiger partial charge in [-0.15, -0.1) is 0 Å². The van der Waals surface area contributed by atoms with Crippen LogP contribution in [-0.2, 0) is 6.54 Å². The van der Waals surface area contributed by atoms with Crippen molar-refractivity contribution in [2.45, 2.75) is 6.54 Å². The fourth-order valence-corrected chi connectivity index (χ4v) is 1.87. The molecule has 2 rings (SSSR count). The highest BCUT2D eigenvalue weighted by molar-refractivity contribution is 5.64. The summed E-state index contributed by atoms with van der Waals surface area (Å²) in [7, 11) is 3.25. The van der Waals surface area contributed by atoms with Crippen molar-refractivity contribution in [2.75, 3.05) is 20.8 Å². The Morgan fingerprint density at radius 1 is 1.17 bits per heavy atom. The van der Waals surface area contributed by atoms with Crippen molar-refractivity contribution < 1.29 is 9.47 Å². The molecule has 0 unspecified atom stereocenters. The molecule has 18 heavy (non-hydrogen) atoms. The van der Waals surface area contributed by atoms with Crippen LogP contribution in [0.5, 0.6) is 11.5 Å². The molecule has 0 radical (unpaired) electrons. The Bertz CT molecular complexity index is 523. The smallest absolute Gasteiger partial charge is 0.161 e. The van der Waals surface area contributed by atoms with Crippen molar-refractivity contribution in [2.24, 2.45) is 5.73 Å². The SMILES string of the molecule is COc1ccc(-c2ccnn2CCN)cc1OC. The first-order valence-corrected chi connectivity index (χ1v) is 5.74. The summed E-state index contributed by atoms with van der Waals surface area (Å²) < 4.78 is 12.4. The second-order valence-corrected chi connectivity index (χ2v) is 3.80. The highest BCUT2D eigenvalue weighted by atomic mass is 16.5. The van der Waals surface area contributed by atoms with E-state index in [1.165, 1.54) is 0 Å². The molecule has 5 heteroatoms. The summed E-state index contributed by atoms with van der Waals surface area (Å²) in [5.41, 5.74) is 7.60. The number of methoxy groups -OCH3 is 2. The van der Waals surface area contributed by atoms with Crippen LogP contribution in [0.2, 0.25) is 0 Å². The first kappa shape index (κ1) is 12.4. The van der Waals surface area contributed by atoms with E-state index >= 15 is 0 Å². The predicted octanol–water partition coefficient (Wildman–Crippen LogP) is 1.53.